The van der Waals surface area contributed by atoms with E-state index in [2.05, 4.69) is 32.6 Å². The van der Waals surface area contributed by atoms with Crippen molar-refractivity contribution < 1.29 is 15.0 Å². The Morgan fingerprint density at radius 3 is 2.10 bits per heavy atom. The summed E-state index contributed by atoms with van der Waals surface area (Å²) in [5.41, 5.74) is 0.264. The van der Waals surface area contributed by atoms with E-state index in [0.717, 1.165) is 13.1 Å². The number of hydrogen-bond acceptors (Lipinski definition) is 4. The molecule has 0 atom stereocenters. The minimum absolute atomic E-state index is 0.0414. The first-order valence-electron chi connectivity index (χ1n) is 7.07. The van der Waals surface area contributed by atoms with Gasteiger partial charge in [-0.1, -0.05) is 27.7 Å². The van der Waals surface area contributed by atoms with E-state index in [1.165, 1.54) is 18.2 Å². The van der Waals surface area contributed by atoms with Gasteiger partial charge in [-0.25, -0.2) is 0 Å². The highest BCUT2D eigenvalue weighted by Crippen LogP contribution is 2.23. The smallest absolute Gasteiger partial charge is 0.180 e. The van der Waals surface area contributed by atoms with Crippen LogP contribution in [0.25, 0.3) is 0 Å². The lowest BCUT2D eigenvalue weighted by atomic mass is 10.1. The molecule has 0 amide bonds. The van der Waals surface area contributed by atoms with Crippen LogP contribution in [0.15, 0.2) is 18.2 Å². The van der Waals surface area contributed by atoms with E-state index in [-0.39, 0.29) is 29.4 Å². The standard InChI is InChI=1S/C16H25NO3/c1-11(2)8-17(9-12(3)4)10-16(20)14-6-5-13(18)7-15(14)19/h5-7,11-12,18-19H,8-10H2,1-4H3. The molecule has 0 radical (unpaired) electrons. The molecule has 1 aromatic rings. The number of phenolic OH excluding ortho intramolecular Hbond substituents is 2. The molecule has 0 bridgehead atoms. The average molecular weight is 279 g/mol. The molecule has 0 heterocycles. The zero-order valence-corrected chi connectivity index (χ0v) is 12.8. The van der Waals surface area contributed by atoms with Gasteiger partial charge in [-0.3, -0.25) is 9.69 Å². The van der Waals surface area contributed by atoms with Gasteiger partial charge in [-0.2, -0.15) is 0 Å². The van der Waals surface area contributed by atoms with E-state index in [4.69, 9.17) is 0 Å². The second-order valence-electron chi connectivity index (χ2n) is 6.11. The number of hydrogen-bond donors (Lipinski definition) is 2. The van der Waals surface area contributed by atoms with E-state index in [1.54, 1.807) is 0 Å². The van der Waals surface area contributed by atoms with Crippen LogP contribution < -0.4 is 0 Å². The molecule has 20 heavy (non-hydrogen) atoms. The summed E-state index contributed by atoms with van der Waals surface area (Å²) in [7, 11) is 0. The highest BCUT2D eigenvalue weighted by molar-refractivity contribution is 6.00. The van der Waals surface area contributed by atoms with Gasteiger partial charge in [0.2, 0.25) is 0 Å². The number of carbonyl (C=O) groups excluding carboxylic acids is 1. The zero-order chi connectivity index (χ0) is 15.3. The summed E-state index contributed by atoms with van der Waals surface area (Å²) in [6.07, 6.45) is 0. The van der Waals surface area contributed by atoms with Crippen LogP contribution in [-0.2, 0) is 0 Å². The molecule has 0 spiro atoms. The number of phenols is 2. The van der Waals surface area contributed by atoms with Crippen molar-refractivity contribution in [3.8, 4) is 11.5 Å². The first kappa shape index (κ1) is 16.5. The van der Waals surface area contributed by atoms with Gasteiger partial charge in [0.1, 0.15) is 11.5 Å². The molecule has 2 N–H and O–H groups in total. The number of rotatable bonds is 7. The molecule has 0 saturated heterocycles. The monoisotopic (exact) mass is 279 g/mol. The predicted molar refractivity (Wildman–Crippen MR) is 80.2 cm³/mol. The van der Waals surface area contributed by atoms with Crippen LogP contribution in [0.4, 0.5) is 0 Å². The Labute approximate surface area is 121 Å². The molecule has 0 aliphatic rings. The summed E-state index contributed by atoms with van der Waals surface area (Å²) in [5, 5.41) is 19.0. The van der Waals surface area contributed by atoms with E-state index in [9.17, 15) is 15.0 Å². The van der Waals surface area contributed by atoms with Crippen molar-refractivity contribution in [3.05, 3.63) is 23.8 Å². The van der Waals surface area contributed by atoms with Crippen LogP contribution in [-0.4, -0.2) is 40.5 Å². The molecule has 4 heteroatoms. The molecule has 4 nitrogen and oxygen atoms in total. The van der Waals surface area contributed by atoms with Gasteiger partial charge < -0.3 is 10.2 Å². The van der Waals surface area contributed by atoms with Crippen molar-refractivity contribution >= 4 is 5.78 Å². The van der Waals surface area contributed by atoms with E-state index >= 15 is 0 Å². The summed E-state index contributed by atoms with van der Waals surface area (Å²) in [6, 6.07) is 4.08. The first-order valence-corrected chi connectivity index (χ1v) is 7.07. The minimum Gasteiger partial charge on any atom is -0.508 e. The molecule has 0 aromatic heterocycles. The van der Waals surface area contributed by atoms with Crippen LogP contribution in [0.2, 0.25) is 0 Å². The number of carbonyl (C=O) groups is 1. The molecule has 112 valence electrons. The minimum atomic E-state index is -0.163. The molecule has 0 aliphatic heterocycles. The predicted octanol–water partition coefficient (Wildman–Crippen LogP) is 2.89. The van der Waals surface area contributed by atoms with Crippen molar-refractivity contribution in [2.45, 2.75) is 27.7 Å². The average Bonchev–Trinajstić information content (AvgIpc) is 2.26. The third kappa shape index (κ3) is 5.21. The summed E-state index contributed by atoms with van der Waals surface area (Å²) in [5.74, 6) is 0.637. The van der Waals surface area contributed by atoms with Crippen LogP contribution in [0.3, 0.4) is 0 Å². The van der Waals surface area contributed by atoms with E-state index in [0.29, 0.717) is 11.8 Å². The number of Topliss-reactive ketones (excluding diaryl/α,β-unsaturated/α-hetero) is 1. The molecule has 1 rings (SSSR count). The second kappa shape index (κ2) is 7.29. The van der Waals surface area contributed by atoms with E-state index < -0.39 is 0 Å². The lowest BCUT2D eigenvalue weighted by Crippen LogP contribution is -2.35. The molecule has 0 saturated carbocycles. The third-order valence-electron chi connectivity index (χ3n) is 2.90. The van der Waals surface area contributed by atoms with Gasteiger partial charge >= 0.3 is 0 Å². The highest BCUT2D eigenvalue weighted by atomic mass is 16.3. The van der Waals surface area contributed by atoms with Gasteiger partial charge in [0, 0.05) is 19.2 Å². The van der Waals surface area contributed by atoms with Gasteiger partial charge in [-0.15, -0.1) is 0 Å². The van der Waals surface area contributed by atoms with Gasteiger partial charge in [0.05, 0.1) is 12.1 Å². The lowest BCUT2D eigenvalue weighted by molar-refractivity contribution is 0.0909. The fourth-order valence-electron chi connectivity index (χ4n) is 2.28. The largest absolute Gasteiger partial charge is 0.508 e. The summed E-state index contributed by atoms with van der Waals surface area (Å²) in [6.45, 7) is 10.5. The van der Waals surface area contributed by atoms with Crippen LogP contribution in [0.5, 0.6) is 11.5 Å². The summed E-state index contributed by atoms with van der Waals surface area (Å²) >= 11 is 0. The lowest BCUT2D eigenvalue weighted by Gasteiger charge is -2.25. The Bertz CT molecular complexity index is 445. The maximum absolute atomic E-state index is 12.3. The fourth-order valence-corrected chi connectivity index (χ4v) is 2.28. The Morgan fingerprint density at radius 2 is 1.65 bits per heavy atom. The second-order valence-corrected chi connectivity index (χ2v) is 6.11. The Morgan fingerprint density at radius 1 is 1.10 bits per heavy atom. The topological polar surface area (TPSA) is 60.8 Å². The zero-order valence-electron chi connectivity index (χ0n) is 12.8. The Kier molecular flexibility index (Phi) is 6.02. The fraction of sp³-hybridized carbons (Fsp3) is 0.562. The van der Waals surface area contributed by atoms with Crippen molar-refractivity contribution in [3.63, 3.8) is 0 Å². The highest BCUT2D eigenvalue weighted by Gasteiger charge is 2.17. The molecule has 1 aromatic carbocycles. The van der Waals surface area contributed by atoms with Crippen LogP contribution in [0.1, 0.15) is 38.1 Å². The maximum atomic E-state index is 12.3. The number of benzene rings is 1. The van der Waals surface area contributed by atoms with Crippen molar-refractivity contribution in [2.75, 3.05) is 19.6 Å². The van der Waals surface area contributed by atoms with Gasteiger partial charge in [0.15, 0.2) is 5.78 Å². The van der Waals surface area contributed by atoms with E-state index in [1.807, 2.05) is 0 Å². The summed E-state index contributed by atoms with van der Waals surface area (Å²) in [4.78, 5) is 14.4. The number of aromatic hydroxyl groups is 2. The Balaban J connectivity index is 2.78. The van der Waals surface area contributed by atoms with Gasteiger partial charge in [0.25, 0.3) is 0 Å². The SMILES string of the molecule is CC(C)CN(CC(=O)c1ccc(O)cc1O)CC(C)C. The normalized spacial score (nSPS) is 11.6. The van der Waals surface area contributed by atoms with Gasteiger partial charge in [-0.05, 0) is 24.0 Å². The quantitative estimate of drug-likeness (QED) is 0.753. The summed E-state index contributed by atoms with van der Waals surface area (Å²) < 4.78 is 0. The Hall–Kier alpha value is -1.55. The first-order chi connectivity index (χ1) is 9.29. The molecular formula is C16H25NO3. The molecule has 0 fully saturated rings. The van der Waals surface area contributed by atoms with Crippen molar-refractivity contribution in [1.82, 2.24) is 4.90 Å². The van der Waals surface area contributed by atoms with Crippen molar-refractivity contribution in [1.29, 1.82) is 0 Å². The number of ketones is 1. The molecule has 0 unspecified atom stereocenters. The van der Waals surface area contributed by atoms with Crippen molar-refractivity contribution in [2.24, 2.45) is 11.8 Å². The molecule has 0 aliphatic carbocycles. The van der Waals surface area contributed by atoms with Crippen LogP contribution >= 0.6 is 0 Å². The third-order valence-corrected chi connectivity index (χ3v) is 2.90. The molecular weight excluding hydrogens is 254 g/mol. The maximum Gasteiger partial charge on any atom is 0.180 e. The van der Waals surface area contributed by atoms with Crippen LogP contribution in [0, 0.1) is 11.8 Å². The number of nitrogens with zero attached hydrogens (tertiary/aromatic N) is 1.